The molecular formula is C14H30O5. The molecule has 0 radical (unpaired) electrons. The third kappa shape index (κ3) is 14.0. The maximum absolute atomic E-state index is 9.58. The van der Waals surface area contributed by atoms with Crippen LogP contribution >= 0.6 is 0 Å². The summed E-state index contributed by atoms with van der Waals surface area (Å²) in [7, 11) is 0. The second kappa shape index (κ2) is 11.6. The molecule has 0 aromatic heterocycles. The van der Waals surface area contributed by atoms with Gasteiger partial charge in [0.15, 0.2) is 0 Å². The number of ether oxygens (including phenoxy) is 1. The van der Waals surface area contributed by atoms with Gasteiger partial charge in [0, 0.05) is 13.2 Å². The molecule has 0 aliphatic carbocycles. The smallest absolute Gasteiger partial charge is 0.0563 e. The summed E-state index contributed by atoms with van der Waals surface area (Å²) in [6, 6.07) is 0. The lowest BCUT2D eigenvalue weighted by atomic mass is 10.1. The fraction of sp³-hybridized carbons (Fsp3) is 1.00. The van der Waals surface area contributed by atoms with Gasteiger partial charge in [-0.25, -0.2) is 0 Å². The van der Waals surface area contributed by atoms with Crippen LogP contribution in [0.1, 0.15) is 52.4 Å². The van der Waals surface area contributed by atoms with Gasteiger partial charge in [-0.05, 0) is 52.4 Å². The van der Waals surface area contributed by atoms with Crippen LogP contribution in [0.5, 0.6) is 0 Å². The van der Waals surface area contributed by atoms with E-state index in [0.29, 0.717) is 51.7 Å². The first-order valence-electron chi connectivity index (χ1n) is 7.21. The Balaban J connectivity index is 3.34. The third-order valence-electron chi connectivity index (χ3n) is 3.03. The van der Waals surface area contributed by atoms with Crippen molar-refractivity contribution in [1.29, 1.82) is 0 Å². The first kappa shape index (κ1) is 18.8. The van der Waals surface area contributed by atoms with Gasteiger partial charge in [0.2, 0.25) is 0 Å². The summed E-state index contributed by atoms with van der Waals surface area (Å²) in [6.07, 6.45) is 1.84. The summed E-state index contributed by atoms with van der Waals surface area (Å²) in [5.41, 5.74) is 0. The molecule has 4 unspecified atom stereocenters. The highest BCUT2D eigenvalue weighted by atomic mass is 16.5. The maximum Gasteiger partial charge on any atom is 0.0563 e. The Hall–Kier alpha value is -0.200. The second-order valence-corrected chi connectivity index (χ2v) is 5.35. The quantitative estimate of drug-likeness (QED) is 0.397. The second-order valence-electron chi connectivity index (χ2n) is 5.35. The van der Waals surface area contributed by atoms with E-state index in [1.807, 2.05) is 0 Å². The van der Waals surface area contributed by atoms with Crippen LogP contribution in [0.4, 0.5) is 0 Å². The molecular weight excluding hydrogens is 248 g/mol. The Labute approximate surface area is 116 Å². The molecule has 0 heterocycles. The van der Waals surface area contributed by atoms with Crippen LogP contribution in [0.2, 0.25) is 0 Å². The van der Waals surface area contributed by atoms with Gasteiger partial charge in [-0.15, -0.1) is 0 Å². The third-order valence-corrected chi connectivity index (χ3v) is 3.03. The van der Waals surface area contributed by atoms with E-state index in [-0.39, 0.29) is 12.2 Å². The van der Waals surface area contributed by atoms with Gasteiger partial charge in [0.1, 0.15) is 0 Å². The van der Waals surface area contributed by atoms with Crippen LogP contribution in [0, 0.1) is 0 Å². The van der Waals surface area contributed by atoms with Crippen molar-refractivity contribution in [3.05, 3.63) is 0 Å². The summed E-state index contributed by atoms with van der Waals surface area (Å²) in [5.74, 6) is 0. The molecule has 0 bridgehead atoms. The summed E-state index contributed by atoms with van der Waals surface area (Å²) >= 11 is 0. The largest absolute Gasteiger partial charge is 0.393 e. The van der Waals surface area contributed by atoms with Gasteiger partial charge >= 0.3 is 0 Å². The van der Waals surface area contributed by atoms with E-state index in [1.54, 1.807) is 13.8 Å². The average Bonchev–Trinajstić information content (AvgIpc) is 2.33. The van der Waals surface area contributed by atoms with E-state index in [9.17, 15) is 10.2 Å². The zero-order chi connectivity index (χ0) is 14.7. The van der Waals surface area contributed by atoms with E-state index < -0.39 is 12.2 Å². The zero-order valence-corrected chi connectivity index (χ0v) is 12.2. The van der Waals surface area contributed by atoms with Gasteiger partial charge in [0.25, 0.3) is 0 Å². The first-order chi connectivity index (χ1) is 8.91. The van der Waals surface area contributed by atoms with Crippen LogP contribution in [-0.4, -0.2) is 58.1 Å². The predicted octanol–water partition coefficient (Wildman–Crippen LogP) is 0.827. The Morgan fingerprint density at radius 2 is 1.00 bits per heavy atom. The molecule has 0 aromatic carbocycles. The molecule has 116 valence electrons. The number of aliphatic hydroxyl groups excluding tert-OH is 4. The highest BCUT2D eigenvalue weighted by Gasteiger charge is 2.08. The first-order valence-corrected chi connectivity index (χ1v) is 7.21. The van der Waals surface area contributed by atoms with Crippen molar-refractivity contribution in [1.82, 2.24) is 0 Å². The normalized spacial score (nSPS) is 18.0. The number of rotatable bonds is 12. The highest BCUT2D eigenvalue weighted by molar-refractivity contribution is 4.60. The van der Waals surface area contributed by atoms with Crippen LogP contribution in [0.15, 0.2) is 0 Å². The molecule has 0 aliphatic heterocycles. The van der Waals surface area contributed by atoms with Crippen molar-refractivity contribution in [3.63, 3.8) is 0 Å². The van der Waals surface area contributed by atoms with Gasteiger partial charge < -0.3 is 25.2 Å². The molecule has 4 atom stereocenters. The lowest BCUT2D eigenvalue weighted by Crippen LogP contribution is -2.16. The van der Waals surface area contributed by atoms with Crippen molar-refractivity contribution in [2.24, 2.45) is 0 Å². The minimum Gasteiger partial charge on any atom is -0.393 e. The zero-order valence-electron chi connectivity index (χ0n) is 12.2. The van der Waals surface area contributed by atoms with E-state index >= 15 is 0 Å². The maximum atomic E-state index is 9.58. The summed E-state index contributed by atoms with van der Waals surface area (Å²) in [6.45, 7) is 4.34. The van der Waals surface area contributed by atoms with E-state index in [1.165, 1.54) is 0 Å². The summed E-state index contributed by atoms with van der Waals surface area (Å²) < 4.78 is 5.34. The number of hydrogen-bond acceptors (Lipinski definition) is 5. The fourth-order valence-electron chi connectivity index (χ4n) is 1.70. The van der Waals surface area contributed by atoms with E-state index in [0.717, 1.165) is 0 Å². The molecule has 0 fully saturated rings. The van der Waals surface area contributed by atoms with Crippen molar-refractivity contribution in [3.8, 4) is 0 Å². The van der Waals surface area contributed by atoms with Gasteiger partial charge in [0.05, 0.1) is 24.4 Å². The lowest BCUT2D eigenvalue weighted by molar-refractivity contribution is 0.0450. The molecule has 0 aliphatic rings. The van der Waals surface area contributed by atoms with Gasteiger partial charge in [-0.2, -0.15) is 0 Å². The lowest BCUT2D eigenvalue weighted by Gasteiger charge is -2.14. The SMILES string of the molecule is CC(O)CCC(O)CCOCCC(O)CCC(C)O. The number of aliphatic hydroxyl groups is 4. The fourth-order valence-corrected chi connectivity index (χ4v) is 1.70. The van der Waals surface area contributed by atoms with Crippen molar-refractivity contribution in [2.45, 2.75) is 76.8 Å². The average molecular weight is 278 g/mol. The van der Waals surface area contributed by atoms with Gasteiger partial charge in [-0.1, -0.05) is 0 Å². The van der Waals surface area contributed by atoms with Crippen molar-refractivity contribution < 1.29 is 25.2 Å². The Morgan fingerprint density at radius 3 is 1.32 bits per heavy atom. The molecule has 0 spiro atoms. The molecule has 4 N–H and O–H groups in total. The molecule has 0 rings (SSSR count). The Morgan fingerprint density at radius 1 is 0.632 bits per heavy atom. The van der Waals surface area contributed by atoms with Crippen LogP contribution in [-0.2, 0) is 4.74 Å². The number of hydrogen-bond donors (Lipinski definition) is 4. The predicted molar refractivity (Wildman–Crippen MR) is 73.9 cm³/mol. The molecule has 19 heavy (non-hydrogen) atoms. The van der Waals surface area contributed by atoms with Gasteiger partial charge in [-0.3, -0.25) is 0 Å². The van der Waals surface area contributed by atoms with Crippen LogP contribution < -0.4 is 0 Å². The van der Waals surface area contributed by atoms with Crippen LogP contribution in [0.3, 0.4) is 0 Å². The van der Waals surface area contributed by atoms with E-state index in [2.05, 4.69) is 0 Å². The minimum absolute atomic E-state index is 0.375. The molecule has 0 saturated carbocycles. The minimum atomic E-state index is -0.435. The summed E-state index contributed by atoms with van der Waals surface area (Å²) in [5, 5.41) is 37.3. The monoisotopic (exact) mass is 278 g/mol. The molecule has 0 saturated heterocycles. The standard InChI is InChI=1S/C14H30O5/c1-11(15)3-5-13(17)7-9-19-10-8-14(18)6-4-12(2)16/h11-18H,3-10H2,1-2H3. The molecule has 5 heteroatoms. The molecule has 0 amide bonds. The molecule has 5 nitrogen and oxygen atoms in total. The Bertz CT molecular complexity index is 176. The topological polar surface area (TPSA) is 90.2 Å². The van der Waals surface area contributed by atoms with Crippen molar-refractivity contribution in [2.75, 3.05) is 13.2 Å². The van der Waals surface area contributed by atoms with E-state index in [4.69, 9.17) is 14.9 Å². The highest BCUT2D eigenvalue weighted by Crippen LogP contribution is 2.07. The van der Waals surface area contributed by atoms with Crippen LogP contribution in [0.25, 0.3) is 0 Å². The Kier molecular flexibility index (Phi) is 11.5. The van der Waals surface area contributed by atoms with Crippen molar-refractivity contribution >= 4 is 0 Å². The summed E-state index contributed by atoms with van der Waals surface area (Å²) in [4.78, 5) is 0. The molecule has 0 aromatic rings.